The van der Waals surface area contributed by atoms with Crippen LogP contribution in [0.25, 0.3) is 65.7 Å². The van der Waals surface area contributed by atoms with Crippen molar-refractivity contribution in [2.24, 2.45) is 0 Å². The number of halogens is 1. The normalized spacial score (nSPS) is 11.6. The Bertz CT molecular complexity index is 1820. The van der Waals surface area contributed by atoms with E-state index in [9.17, 15) is 0 Å². The molecule has 0 radical (unpaired) electrons. The van der Waals surface area contributed by atoms with Crippen molar-refractivity contribution in [3.63, 3.8) is 0 Å². The van der Waals surface area contributed by atoms with E-state index in [2.05, 4.69) is 143 Å². The van der Waals surface area contributed by atoms with E-state index in [0.29, 0.717) is 0 Å². The van der Waals surface area contributed by atoms with Gasteiger partial charge in [-0.1, -0.05) is 137 Å². The summed E-state index contributed by atoms with van der Waals surface area (Å²) in [6, 6.07) is 46.0. The Kier molecular flexibility index (Phi) is 4.72. The van der Waals surface area contributed by atoms with Gasteiger partial charge in [-0.2, -0.15) is 0 Å². The second kappa shape index (κ2) is 8.08. The van der Waals surface area contributed by atoms with Crippen molar-refractivity contribution in [3.05, 3.63) is 132 Å². The maximum Gasteiger partial charge on any atom is 0.0266 e. The van der Waals surface area contributed by atoms with Crippen LogP contribution in [0.2, 0.25) is 0 Å². The monoisotopic (exact) mass is 508 g/mol. The maximum atomic E-state index is 4.01. The summed E-state index contributed by atoms with van der Waals surface area (Å²) in [5.74, 6) is 0. The summed E-state index contributed by atoms with van der Waals surface area (Å²) in [5.41, 5.74) is 7.51. The first-order valence-electron chi connectivity index (χ1n) is 11.9. The van der Waals surface area contributed by atoms with Crippen molar-refractivity contribution in [3.8, 4) is 33.4 Å². The molecule has 0 bridgehead atoms. The predicted molar refractivity (Wildman–Crippen MR) is 154 cm³/mol. The predicted octanol–water partition coefficient (Wildman–Crippen LogP) is 10.3. The van der Waals surface area contributed by atoms with Gasteiger partial charge in [0.1, 0.15) is 0 Å². The molecule has 7 aromatic rings. The van der Waals surface area contributed by atoms with Crippen LogP contribution in [0.1, 0.15) is 0 Å². The van der Waals surface area contributed by atoms with E-state index in [-0.39, 0.29) is 0 Å². The second-order valence-corrected chi connectivity index (χ2v) is 9.88. The van der Waals surface area contributed by atoms with E-state index in [1.165, 1.54) is 65.7 Å². The van der Waals surface area contributed by atoms with Crippen molar-refractivity contribution in [2.45, 2.75) is 0 Å². The Hall–Kier alpha value is -3.94. The molecule has 7 rings (SSSR count). The summed E-state index contributed by atoms with van der Waals surface area (Å²) in [7, 11) is 0. The first-order chi connectivity index (χ1) is 17.3. The van der Waals surface area contributed by atoms with Gasteiger partial charge in [-0.15, -0.1) is 0 Å². The van der Waals surface area contributed by atoms with E-state index < -0.39 is 0 Å². The Labute approximate surface area is 212 Å². The summed E-state index contributed by atoms with van der Waals surface area (Å²) in [6.45, 7) is 0. The molecule has 1 heteroatoms. The van der Waals surface area contributed by atoms with Gasteiger partial charge in [0.2, 0.25) is 0 Å². The molecule has 0 unspecified atom stereocenters. The number of benzene rings is 7. The van der Waals surface area contributed by atoms with Crippen LogP contribution in [-0.2, 0) is 0 Å². The van der Waals surface area contributed by atoms with E-state index in [4.69, 9.17) is 0 Å². The van der Waals surface area contributed by atoms with Gasteiger partial charge < -0.3 is 0 Å². The molecule has 0 saturated heterocycles. The summed E-state index contributed by atoms with van der Waals surface area (Å²) < 4.78 is 1.13. The molecule has 35 heavy (non-hydrogen) atoms. The van der Waals surface area contributed by atoms with Crippen molar-refractivity contribution in [1.29, 1.82) is 0 Å². The number of hydrogen-bond donors (Lipinski definition) is 0. The average molecular weight is 509 g/mol. The van der Waals surface area contributed by atoms with Gasteiger partial charge in [0, 0.05) is 9.86 Å². The third-order valence-corrected chi connectivity index (χ3v) is 7.68. The molecule has 0 spiro atoms. The number of hydrogen-bond acceptors (Lipinski definition) is 0. The first-order valence-corrected chi connectivity index (χ1v) is 12.7. The van der Waals surface area contributed by atoms with Crippen LogP contribution in [0.15, 0.2) is 132 Å². The summed E-state index contributed by atoms with van der Waals surface area (Å²) >= 11 is 4.01. The maximum absolute atomic E-state index is 4.01. The van der Waals surface area contributed by atoms with Gasteiger partial charge in [-0.05, 0) is 66.4 Å². The lowest BCUT2D eigenvalue weighted by atomic mass is 9.79. The van der Waals surface area contributed by atoms with Crippen LogP contribution in [0.4, 0.5) is 0 Å². The zero-order valence-electron chi connectivity index (χ0n) is 19.0. The van der Waals surface area contributed by atoms with E-state index in [1.54, 1.807) is 0 Å². The third-order valence-electron chi connectivity index (χ3n) is 7.06. The average Bonchev–Trinajstić information content (AvgIpc) is 2.92. The molecular weight excluding hydrogens is 488 g/mol. The lowest BCUT2D eigenvalue weighted by molar-refractivity contribution is 1.59. The van der Waals surface area contributed by atoms with Crippen LogP contribution < -0.4 is 0 Å². The fourth-order valence-corrected chi connectivity index (χ4v) is 6.29. The topological polar surface area (TPSA) is 0 Å². The Morgan fingerprint density at radius 2 is 0.914 bits per heavy atom. The molecule has 0 N–H and O–H groups in total. The third kappa shape index (κ3) is 3.12. The summed E-state index contributed by atoms with van der Waals surface area (Å²) in [5, 5.41) is 7.75. The van der Waals surface area contributed by atoms with Gasteiger partial charge in [-0.25, -0.2) is 0 Å². The van der Waals surface area contributed by atoms with Crippen LogP contribution in [0.3, 0.4) is 0 Å². The molecule has 0 amide bonds. The fourth-order valence-electron chi connectivity index (χ4n) is 5.64. The van der Waals surface area contributed by atoms with Gasteiger partial charge >= 0.3 is 0 Å². The van der Waals surface area contributed by atoms with Gasteiger partial charge in [0.15, 0.2) is 0 Å². The lowest BCUT2D eigenvalue weighted by Crippen LogP contribution is -1.97. The van der Waals surface area contributed by atoms with Gasteiger partial charge in [0.05, 0.1) is 0 Å². The van der Waals surface area contributed by atoms with E-state index >= 15 is 0 Å². The fraction of sp³-hybridized carbons (Fsp3) is 0. The minimum absolute atomic E-state index is 1.13. The lowest BCUT2D eigenvalue weighted by Gasteiger charge is -2.24. The molecule has 0 aliphatic heterocycles. The SMILES string of the molecule is Brc1cc2cccc3ccc4c(-c5ccccc5)c(-c5ccccc5)c(-c5ccccc5)c1c4c32. The van der Waals surface area contributed by atoms with Crippen LogP contribution in [0.5, 0.6) is 0 Å². The molecule has 0 nitrogen and oxygen atoms in total. The standard InChI is InChI=1S/C34H21Br/c35-28-21-26-18-10-17-25-19-20-27-30(22-11-4-1-5-12-22)31(23-13-6-2-7-14-23)32(24-15-8-3-9-16-24)34(28)33(27)29(25)26/h1-21H. The first kappa shape index (κ1) is 20.4. The minimum Gasteiger partial charge on any atom is -0.0622 e. The van der Waals surface area contributed by atoms with Crippen molar-refractivity contribution >= 4 is 48.2 Å². The van der Waals surface area contributed by atoms with Gasteiger partial charge in [-0.3, -0.25) is 0 Å². The van der Waals surface area contributed by atoms with Crippen molar-refractivity contribution in [2.75, 3.05) is 0 Å². The highest BCUT2D eigenvalue weighted by molar-refractivity contribution is 9.10. The highest BCUT2D eigenvalue weighted by Crippen LogP contribution is 2.52. The van der Waals surface area contributed by atoms with E-state index in [0.717, 1.165) is 4.47 Å². The molecule has 0 fully saturated rings. The molecule has 0 atom stereocenters. The zero-order chi connectivity index (χ0) is 23.4. The minimum atomic E-state index is 1.13. The Morgan fingerprint density at radius 1 is 0.371 bits per heavy atom. The van der Waals surface area contributed by atoms with Crippen LogP contribution in [0, 0.1) is 0 Å². The highest BCUT2D eigenvalue weighted by atomic mass is 79.9. The van der Waals surface area contributed by atoms with Crippen molar-refractivity contribution < 1.29 is 0 Å². The van der Waals surface area contributed by atoms with Gasteiger partial charge in [0.25, 0.3) is 0 Å². The summed E-state index contributed by atoms with van der Waals surface area (Å²) in [6.07, 6.45) is 0. The highest BCUT2D eigenvalue weighted by Gasteiger charge is 2.24. The van der Waals surface area contributed by atoms with Crippen molar-refractivity contribution in [1.82, 2.24) is 0 Å². The van der Waals surface area contributed by atoms with E-state index in [1.807, 2.05) is 0 Å². The Morgan fingerprint density at radius 3 is 1.54 bits per heavy atom. The molecule has 0 aliphatic rings. The smallest absolute Gasteiger partial charge is 0.0266 e. The molecule has 0 aromatic heterocycles. The second-order valence-electron chi connectivity index (χ2n) is 9.02. The zero-order valence-corrected chi connectivity index (χ0v) is 20.6. The molecule has 0 aliphatic carbocycles. The molecule has 0 heterocycles. The van der Waals surface area contributed by atoms with Crippen LogP contribution >= 0.6 is 15.9 Å². The molecule has 164 valence electrons. The summed E-state index contributed by atoms with van der Waals surface area (Å²) in [4.78, 5) is 0. The Balaban J connectivity index is 1.83. The largest absolute Gasteiger partial charge is 0.0622 e. The molecule has 0 saturated carbocycles. The molecule has 7 aromatic carbocycles. The molecular formula is C34H21Br. The quantitative estimate of drug-likeness (QED) is 0.208. The van der Waals surface area contributed by atoms with Crippen LogP contribution in [-0.4, -0.2) is 0 Å². The number of rotatable bonds is 3.